The molecule has 2 saturated heterocycles. The van der Waals surface area contributed by atoms with Crippen molar-refractivity contribution in [3.8, 4) is 0 Å². The van der Waals surface area contributed by atoms with Crippen molar-refractivity contribution in [2.75, 3.05) is 19.8 Å². The van der Waals surface area contributed by atoms with Gasteiger partial charge in [-0.25, -0.2) is 0 Å². The number of hydrogen-bond acceptors (Lipinski definition) is 13. The molecule has 0 saturated carbocycles. The van der Waals surface area contributed by atoms with Gasteiger partial charge in [0.2, 0.25) is 5.91 Å². The van der Waals surface area contributed by atoms with Crippen LogP contribution in [0.3, 0.4) is 0 Å². The summed E-state index contributed by atoms with van der Waals surface area (Å²) >= 11 is 0. The molecule has 0 bridgehead atoms. The average Bonchev–Trinajstić information content (AvgIpc) is 3.10. The molecule has 14 heteroatoms. The van der Waals surface area contributed by atoms with E-state index >= 15 is 0 Å². The van der Waals surface area contributed by atoms with Gasteiger partial charge in [-0.15, -0.1) is 0 Å². The lowest BCUT2D eigenvalue weighted by atomic mass is 9.97. The van der Waals surface area contributed by atoms with Gasteiger partial charge in [-0.05, 0) is 70.6 Å². The van der Waals surface area contributed by atoms with Gasteiger partial charge >= 0.3 is 0 Å². The molecule has 2 fully saturated rings. The summed E-state index contributed by atoms with van der Waals surface area (Å²) in [7, 11) is 0. The summed E-state index contributed by atoms with van der Waals surface area (Å²) in [5.41, 5.74) is 0. The summed E-state index contributed by atoms with van der Waals surface area (Å²) in [5, 5.41) is 87.5. The van der Waals surface area contributed by atoms with E-state index in [0.717, 1.165) is 44.9 Å². The normalized spacial score (nSPS) is 23.5. The number of aliphatic hydroxyl groups is 8. The van der Waals surface area contributed by atoms with Crippen molar-refractivity contribution in [3.05, 3.63) is 60.8 Å². The second-order valence-electron chi connectivity index (χ2n) is 25.7. The molecule has 0 aromatic rings. The average molecular weight is 1250 g/mol. The molecule has 0 radical (unpaired) electrons. The Hall–Kier alpha value is -2.31. The molecule has 12 unspecified atom stereocenters. The fourth-order valence-electron chi connectivity index (χ4n) is 11.8. The molecule has 14 nitrogen and oxygen atoms in total. The van der Waals surface area contributed by atoms with Gasteiger partial charge in [0.15, 0.2) is 12.6 Å². The molecule has 2 aliphatic rings. The largest absolute Gasteiger partial charge is 0.394 e. The highest BCUT2D eigenvalue weighted by Gasteiger charge is 2.51. The van der Waals surface area contributed by atoms with Crippen LogP contribution in [0.2, 0.25) is 0 Å². The number of rotatable bonds is 60. The zero-order valence-electron chi connectivity index (χ0n) is 56.0. The SMILES string of the molecule is CCCCCCC/C=C\C/C=C\C/C=C\CCCCCCCCCCCCCCCCCCC(=O)NC(COC1OC(CO)C(OC2OC(CO)C(O)C(O)C2O)C(O)C1O)C(O)/C=C/CC/C=C/CCCCCCCCCCCCCCCCCCC. The lowest BCUT2D eigenvalue weighted by Gasteiger charge is -2.46. The molecular formula is C74H135NO13. The maximum Gasteiger partial charge on any atom is 0.220 e. The first-order valence-corrected chi connectivity index (χ1v) is 36.5. The number of amides is 1. The molecule has 0 aromatic carbocycles. The van der Waals surface area contributed by atoms with Crippen molar-refractivity contribution < 1.29 is 64.6 Å². The topological polar surface area (TPSA) is 228 Å². The van der Waals surface area contributed by atoms with Crippen LogP contribution in [0.15, 0.2) is 60.8 Å². The van der Waals surface area contributed by atoms with E-state index in [1.54, 1.807) is 6.08 Å². The third kappa shape index (κ3) is 42.0. The van der Waals surface area contributed by atoms with Crippen molar-refractivity contribution in [1.82, 2.24) is 5.32 Å². The Morgan fingerprint density at radius 3 is 1.19 bits per heavy atom. The Kier molecular flexibility index (Phi) is 54.4. The van der Waals surface area contributed by atoms with Crippen LogP contribution >= 0.6 is 0 Å². The van der Waals surface area contributed by atoms with E-state index in [2.05, 4.69) is 67.8 Å². The summed E-state index contributed by atoms with van der Waals surface area (Å²) in [4.78, 5) is 13.3. The van der Waals surface area contributed by atoms with Gasteiger partial charge in [0.05, 0.1) is 32.0 Å². The molecule has 88 heavy (non-hydrogen) atoms. The van der Waals surface area contributed by atoms with Gasteiger partial charge < -0.3 is 65.1 Å². The predicted molar refractivity (Wildman–Crippen MR) is 360 cm³/mol. The van der Waals surface area contributed by atoms with Crippen molar-refractivity contribution in [1.29, 1.82) is 0 Å². The fraction of sp³-hybridized carbons (Fsp3) is 0.851. The summed E-state index contributed by atoms with van der Waals surface area (Å²) in [5.74, 6) is -0.246. The zero-order valence-corrected chi connectivity index (χ0v) is 56.0. The van der Waals surface area contributed by atoms with Gasteiger partial charge in [0.1, 0.15) is 48.8 Å². The maximum atomic E-state index is 13.3. The van der Waals surface area contributed by atoms with Crippen molar-refractivity contribution in [3.63, 3.8) is 0 Å². The van der Waals surface area contributed by atoms with E-state index in [4.69, 9.17) is 18.9 Å². The highest BCUT2D eigenvalue weighted by atomic mass is 16.7. The van der Waals surface area contributed by atoms with E-state index in [1.807, 2.05) is 6.08 Å². The Labute approximate surface area is 536 Å². The third-order valence-corrected chi connectivity index (χ3v) is 17.7. The number of hydrogen-bond donors (Lipinski definition) is 9. The van der Waals surface area contributed by atoms with E-state index in [-0.39, 0.29) is 18.9 Å². The molecular weight excluding hydrogens is 1110 g/mol. The Bertz CT molecular complexity index is 1710. The molecule has 0 spiro atoms. The van der Waals surface area contributed by atoms with Gasteiger partial charge in [0, 0.05) is 6.42 Å². The van der Waals surface area contributed by atoms with Crippen LogP contribution in [-0.4, -0.2) is 140 Å². The molecule has 2 rings (SSSR count). The number of ether oxygens (including phenoxy) is 4. The van der Waals surface area contributed by atoms with Crippen LogP contribution in [0.25, 0.3) is 0 Å². The smallest absolute Gasteiger partial charge is 0.220 e. The van der Waals surface area contributed by atoms with Crippen molar-refractivity contribution >= 4 is 5.91 Å². The molecule has 0 aliphatic carbocycles. The number of carbonyl (C=O) groups is 1. The second-order valence-corrected chi connectivity index (χ2v) is 25.7. The predicted octanol–water partition coefficient (Wildman–Crippen LogP) is 15.2. The lowest BCUT2D eigenvalue weighted by molar-refractivity contribution is -0.359. The molecule has 9 N–H and O–H groups in total. The van der Waals surface area contributed by atoms with Gasteiger partial charge in [0.25, 0.3) is 0 Å². The van der Waals surface area contributed by atoms with Crippen LogP contribution in [0, 0.1) is 0 Å². The first-order chi connectivity index (χ1) is 43.1. The highest BCUT2D eigenvalue weighted by Crippen LogP contribution is 2.30. The summed E-state index contributed by atoms with van der Waals surface area (Å²) in [6.07, 6.45) is 61.4. The van der Waals surface area contributed by atoms with Crippen molar-refractivity contribution in [2.45, 2.75) is 383 Å². The summed E-state index contributed by atoms with van der Waals surface area (Å²) in [6, 6.07) is -0.934. The van der Waals surface area contributed by atoms with Gasteiger partial charge in [-0.2, -0.15) is 0 Å². The quantitative estimate of drug-likeness (QED) is 0.0204. The first-order valence-electron chi connectivity index (χ1n) is 36.5. The van der Waals surface area contributed by atoms with E-state index in [9.17, 15) is 45.6 Å². The van der Waals surface area contributed by atoms with Gasteiger partial charge in [-0.1, -0.05) is 293 Å². The minimum Gasteiger partial charge on any atom is -0.394 e. The highest BCUT2D eigenvalue weighted by molar-refractivity contribution is 5.76. The van der Waals surface area contributed by atoms with Crippen molar-refractivity contribution in [2.24, 2.45) is 0 Å². The summed E-state index contributed by atoms with van der Waals surface area (Å²) < 4.78 is 22.9. The molecule has 1 amide bonds. The van der Waals surface area contributed by atoms with E-state index < -0.39 is 86.8 Å². The minimum atomic E-state index is -1.79. The first kappa shape index (κ1) is 81.8. The Morgan fingerprint density at radius 1 is 0.409 bits per heavy atom. The monoisotopic (exact) mass is 1250 g/mol. The van der Waals surface area contributed by atoms with Crippen LogP contribution in [0.4, 0.5) is 0 Å². The number of unbranched alkanes of at least 4 members (excludes halogenated alkanes) is 39. The van der Waals surface area contributed by atoms with Crippen LogP contribution < -0.4 is 5.32 Å². The van der Waals surface area contributed by atoms with E-state index in [1.165, 1.54) is 231 Å². The molecule has 2 aliphatic heterocycles. The molecule has 12 atom stereocenters. The van der Waals surface area contributed by atoms with Crippen LogP contribution in [0.5, 0.6) is 0 Å². The lowest BCUT2D eigenvalue weighted by Crippen LogP contribution is -2.65. The van der Waals surface area contributed by atoms with Gasteiger partial charge in [-0.3, -0.25) is 4.79 Å². The Balaban J connectivity index is 1.67. The van der Waals surface area contributed by atoms with Crippen LogP contribution in [0.1, 0.15) is 309 Å². The number of nitrogens with one attached hydrogen (secondary N) is 1. The molecule has 0 aromatic heterocycles. The van der Waals surface area contributed by atoms with E-state index in [0.29, 0.717) is 12.8 Å². The maximum absolute atomic E-state index is 13.3. The van der Waals surface area contributed by atoms with Crippen LogP contribution in [-0.2, 0) is 23.7 Å². The molecule has 514 valence electrons. The summed E-state index contributed by atoms with van der Waals surface area (Å²) in [6.45, 7) is 2.81. The fourth-order valence-corrected chi connectivity index (χ4v) is 11.8. The standard InChI is InChI=1S/C74H135NO13/c1-3-5-7-9-11-13-15-17-19-21-23-25-27-28-29-30-31-32-33-34-36-38-40-42-44-46-48-50-52-54-56-58-66(79)75-62(61-85-73-71(84)69(82)72(65(60-77)87-73)88-74-70(83)68(81)67(80)64(59-76)86-74)63(78)57-55-53-51-49-47-45-43-41-39-37-35-26-24-22-20-18-16-14-12-10-8-6-4-2/h15,17,21,23,27-28,47,49,55,57,62-65,67-74,76-78,80-84H,3-14,16,18-20,22,24-26,29-46,48,50-54,56,58-61H2,1-2H3,(H,75,79)/b17-15-,23-21-,28-27-,49-47+,57-55+. The zero-order chi connectivity index (χ0) is 63.8. The number of carbonyl (C=O) groups excluding carboxylic acids is 1. The minimum absolute atomic E-state index is 0.246. The Morgan fingerprint density at radius 2 is 0.761 bits per heavy atom. The number of allylic oxidation sites excluding steroid dienone is 9. The second kappa shape index (κ2) is 58.5. The third-order valence-electron chi connectivity index (χ3n) is 17.7. The molecule has 2 heterocycles. The number of aliphatic hydroxyl groups excluding tert-OH is 8.